The SMILES string of the molecule is Cc1nc(CN2CCC(F)CC2)cs1. The van der Waals surface area contributed by atoms with Crippen molar-refractivity contribution < 1.29 is 4.39 Å². The molecule has 14 heavy (non-hydrogen) atoms. The number of piperidine rings is 1. The minimum Gasteiger partial charge on any atom is -0.297 e. The summed E-state index contributed by atoms with van der Waals surface area (Å²) in [5, 5.41) is 3.21. The molecule has 2 rings (SSSR count). The van der Waals surface area contributed by atoms with Crippen LogP contribution in [0.1, 0.15) is 23.5 Å². The second-order valence-electron chi connectivity index (χ2n) is 3.81. The first-order valence-electron chi connectivity index (χ1n) is 5.01. The Labute approximate surface area is 87.8 Å². The molecule has 1 aliphatic rings. The molecule has 1 fully saturated rings. The number of alkyl halides is 1. The quantitative estimate of drug-likeness (QED) is 0.751. The van der Waals surface area contributed by atoms with Gasteiger partial charge in [-0.25, -0.2) is 9.37 Å². The molecule has 4 heteroatoms. The van der Waals surface area contributed by atoms with Crippen molar-refractivity contribution in [1.82, 2.24) is 9.88 Å². The number of likely N-dealkylation sites (tertiary alicyclic amines) is 1. The lowest BCUT2D eigenvalue weighted by atomic mass is 10.1. The first-order valence-corrected chi connectivity index (χ1v) is 5.89. The zero-order chi connectivity index (χ0) is 9.97. The van der Waals surface area contributed by atoms with Crippen LogP contribution in [0.4, 0.5) is 4.39 Å². The van der Waals surface area contributed by atoms with E-state index in [-0.39, 0.29) is 0 Å². The zero-order valence-corrected chi connectivity index (χ0v) is 9.19. The van der Waals surface area contributed by atoms with Crippen molar-refractivity contribution in [1.29, 1.82) is 0 Å². The predicted octanol–water partition coefficient (Wildman–Crippen LogP) is 2.39. The van der Waals surface area contributed by atoms with Gasteiger partial charge in [-0.05, 0) is 19.8 Å². The molecule has 0 bridgehead atoms. The zero-order valence-electron chi connectivity index (χ0n) is 8.37. The second kappa shape index (κ2) is 4.36. The number of halogens is 1. The van der Waals surface area contributed by atoms with Crippen LogP contribution in [-0.4, -0.2) is 29.1 Å². The van der Waals surface area contributed by atoms with Crippen LogP contribution in [0.5, 0.6) is 0 Å². The maximum absolute atomic E-state index is 12.9. The summed E-state index contributed by atoms with van der Waals surface area (Å²) in [6, 6.07) is 0. The lowest BCUT2D eigenvalue weighted by Gasteiger charge is -2.27. The van der Waals surface area contributed by atoms with E-state index in [0.717, 1.165) is 30.3 Å². The van der Waals surface area contributed by atoms with E-state index in [0.29, 0.717) is 12.8 Å². The number of thiazole rings is 1. The van der Waals surface area contributed by atoms with Gasteiger partial charge in [0.2, 0.25) is 0 Å². The molecule has 1 aliphatic heterocycles. The summed E-state index contributed by atoms with van der Waals surface area (Å²) in [5.74, 6) is 0. The molecular formula is C10H15FN2S. The summed E-state index contributed by atoms with van der Waals surface area (Å²) in [4.78, 5) is 6.69. The number of aryl methyl sites for hydroxylation is 1. The highest BCUT2D eigenvalue weighted by molar-refractivity contribution is 7.09. The third-order valence-electron chi connectivity index (χ3n) is 2.57. The van der Waals surface area contributed by atoms with E-state index in [9.17, 15) is 4.39 Å². The number of nitrogens with zero attached hydrogens (tertiary/aromatic N) is 2. The summed E-state index contributed by atoms with van der Waals surface area (Å²) >= 11 is 1.68. The van der Waals surface area contributed by atoms with Crippen molar-refractivity contribution in [2.24, 2.45) is 0 Å². The van der Waals surface area contributed by atoms with Gasteiger partial charge >= 0.3 is 0 Å². The van der Waals surface area contributed by atoms with E-state index in [1.165, 1.54) is 0 Å². The molecule has 0 amide bonds. The third kappa shape index (κ3) is 2.51. The number of rotatable bonds is 2. The molecule has 0 spiro atoms. The van der Waals surface area contributed by atoms with E-state index in [1.54, 1.807) is 11.3 Å². The first-order chi connectivity index (χ1) is 6.74. The van der Waals surface area contributed by atoms with Crippen LogP contribution < -0.4 is 0 Å². The fraction of sp³-hybridized carbons (Fsp3) is 0.700. The van der Waals surface area contributed by atoms with Gasteiger partial charge in [0.1, 0.15) is 6.17 Å². The molecule has 1 saturated heterocycles. The van der Waals surface area contributed by atoms with Gasteiger partial charge < -0.3 is 0 Å². The minimum atomic E-state index is -0.580. The van der Waals surface area contributed by atoms with Gasteiger partial charge in [-0.1, -0.05) is 0 Å². The van der Waals surface area contributed by atoms with Crippen LogP contribution in [0, 0.1) is 6.92 Å². The van der Waals surface area contributed by atoms with Crippen LogP contribution in [0.25, 0.3) is 0 Å². The molecular weight excluding hydrogens is 199 g/mol. The molecule has 0 radical (unpaired) electrons. The van der Waals surface area contributed by atoms with Gasteiger partial charge in [-0.2, -0.15) is 0 Å². The standard InChI is InChI=1S/C10H15FN2S/c1-8-12-10(7-14-8)6-13-4-2-9(11)3-5-13/h7,9H,2-6H2,1H3. The molecule has 0 atom stereocenters. The highest BCUT2D eigenvalue weighted by Gasteiger charge is 2.18. The van der Waals surface area contributed by atoms with Crippen molar-refractivity contribution in [3.05, 3.63) is 16.1 Å². The van der Waals surface area contributed by atoms with Crippen LogP contribution in [0.2, 0.25) is 0 Å². The van der Waals surface area contributed by atoms with Gasteiger partial charge in [0.25, 0.3) is 0 Å². The average molecular weight is 214 g/mol. The molecule has 1 aromatic heterocycles. The number of hydrogen-bond donors (Lipinski definition) is 0. The molecule has 78 valence electrons. The number of hydrogen-bond acceptors (Lipinski definition) is 3. The van der Waals surface area contributed by atoms with Gasteiger partial charge in [0.05, 0.1) is 10.7 Å². The Hall–Kier alpha value is -0.480. The minimum absolute atomic E-state index is 0.580. The van der Waals surface area contributed by atoms with Gasteiger partial charge in [-0.15, -0.1) is 11.3 Å². The molecule has 2 nitrogen and oxygen atoms in total. The average Bonchev–Trinajstić information content (AvgIpc) is 2.56. The van der Waals surface area contributed by atoms with Crippen molar-refractivity contribution in [3.8, 4) is 0 Å². The normalized spacial score (nSPS) is 20.1. The Bertz CT molecular complexity index is 292. The van der Waals surface area contributed by atoms with E-state index >= 15 is 0 Å². The second-order valence-corrected chi connectivity index (χ2v) is 4.87. The smallest absolute Gasteiger partial charge is 0.103 e. The monoisotopic (exact) mass is 214 g/mol. The Morgan fingerprint density at radius 1 is 1.57 bits per heavy atom. The first kappa shape index (κ1) is 10.1. The molecule has 0 N–H and O–H groups in total. The Balaban J connectivity index is 1.86. The summed E-state index contributed by atoms with van der Waals surface area (Å²) < 4.78 is 12.9. The molecule has 0 aromatic carbocycles. The van der Waals surface area contributed by atoms with Crippen LogP contribution >= 0.6 is 11.3 Å². The largest absolute Gasteiger partial charge is 0.297 e. The lowest BCUT2D eigenvalue weighted by molar-refractivity contribution is 0.144. The van der Waals surface area contributed by atoms with Crippen LogP contribution in [-0.2, 0) is 6.54 Å². The van der Waals surface area contributed by atoms with Crippen molar-refractivity contribution in [2.75, 3.05) is 13.1 Å². The summed E-state index contributed by atoms with van der Waals surface area (Å²) in [5.41, 5.74) is 1.13. The number of aromatic nitrogens is 1. The summed E-state index contributed by atoms with van der Waals surface area (Å²) in [7, 11) is 0. The van der Waals surface area contributed by atoms with E-state index < -0.39 is 6.17 Å². The molecule has 2 heterocycles. The fourth-order valence-electron chi connectivity index (χ4n) is 1.77. The third-order valence-corrected chi connectivity index (χ3v) is 3.39. The highest BCUT2D eigenvalue weighted by atomic mass is 32.1. The van der Waals surface area contributed by atoms with E-state index in [2.05, 4.69) is 15.3 Å². The highest BCUT2D eigenvalue weighted by Crippen LogP contribution is 2.16. The van der Waals surface area contributed by atoms with Gasteiger partial charge in [0, 0.05) is 25.0 Å². The van der Waals surface area contributed by atoms with E-state index in [1.807, 2.05) is 6.92 Å². The molecule has 1 aromatic rings. The van der Waals surface area contributed by atoms with Gasteiger partial charge in [0.15, 0.2) is 0 Å². The predicted molar refractivity (Wildman–Crippen MR) is 56.3 cm³/mol. The van der Waals surface area contributed by atoms with E-state index in [4.69, 9.17) is 0 Å². The maximum atomic E-state index is 12.9. The molecule has 0 aliphatic carbocycles. The maximum Gasteiger partial charge on any atom is 0.103 e. The fourth-order valence-corrected chi connectivity index (χ4v) is 2.37. The van der Waals surface area contributed by atoms with Crippen molar-refractivity contribution >= 4 is 11.3 Å². The van der Waals surface area contributed by atoms with Crippen molar-refractivity contribution in [3.63, 3.8) is 0 Å². The van der Waals surface area contributed by atoms with Gasteiger partial charge in [-0.3, -0.25) is 4.90 Å². The van der Waals surface area contributed by atoms with Crippen molar-refractivity contribution in [2.45, 2.75) is 32.5 Å². The summed E-state index contributed by atoms with van der Waals surface area (Å²) in [6.45, 7) is 4.65. The Morgan fingerprint density at radius 3 is 2.86 bits per heavy atom. The van der Waals surface area contributed by atoms with Crippen LogP contribution in [0.3, 0.4) is 0 Å². The van der Waals surface area contributed by atoms with Crippen LogP contribution in [0.15, 0.2) is 5.38 Å². The molecule has 0 unspecified atom stereocenters. The Morgan fingerprint density at radius 2 is 2.29 bits per heavy atom. The molecule has 0 saturated carbocycles. The topological polar surface area (TPSA) is 16.1 Å². The Kier molecular flexibility index (Phi) is 3.13. The summed E-state index contributed by atoms with van der Waals surface area (Å²) in [6.07, 6.45) is 0.787. The lowest BCUT2D eigenvalue weighted by Crippen LogP contribution is -2.33.